The van der Waals surface area contributed by atoms with Gasteiger partial charge >= 0.3 is 0 Å². The molecule has 0 aliphatic rings. The van der Waals surface area contributed by atoms with Crippen molar-refractivity contribution < 1.29 is 22.5 Å². The number of hydrogen-bond donors (Lipinski definition) is 0. The lowest BCUT2D eigenvalue weighted by molar-refractivity contribution is -0.385. The number of ether oxygens (including phenoxy) is 1. The fourth-order valence-electron chi connectivity index (χ4n) is 2.10. The number of nitro benzene ring substituents is 1. The Balaban J connectivity index is 2.44. The van der Waals surface area contributed by atoms with E-state index in [1.54, 1.807) is 6.07 Å². The number of hydrogen-bond acceptors (Lipinski definition) is 5. The van der Waals surface area contributed by atoms with Crippen molar-refractivity contribution in [2.24, 2.45) is 0 Å². The van der Waals surface area contributed by atoms with Crippen LogP contribution in [-0.2, 0) is 16.6 Å². The predicted molar refractivity (Wildman–Crippen MR) is 84.7 cm³/mol. The van der Waals surface area contributed by atoms with Gasteiger partial charge in [0, 0.05) is 31.3 Å². The van der Waals surface area contributed by atoms with E-state index in [2.05, 4.69) is 0 Å². The molecule has 0 saturated heterocycles. The van der Waals surface area contributed by atoms with Crippen molar-refractivity contribution in [3.63, 3.8) is 0 Å². The Labute approximate surface area is 138 Å². The summed E-state index contributed by atoms with van der Waals surface area (Å²) in [5.74, 6) is -0.563. The summed E-state index contributed by atoms with van der Waals surface area (Å²) in [6.07, 6.45) is 0. The maximum atomic E-state index is 13.7. The minimum atomic E-state index is -4.12. The molecule has 0 amide bonds. The van der Waals surface area contributed by atoms with Gasteiger partial charge in [-0.15, -0.1) is 0 Å². The van der Waals surface area contributed by atoms with Crippen LogP contribution in [0.3, 0.4) is 0 Å². The first kappa shape index (κ1) is 17.8. The van der Waals surface area contributed by atoms with Gasteiger partial charge in [0.2, 0.25) is 10.0 Å². The summed E-state index contributed by atoms with van der Waals surface area (Å²) in [5.41, 5.74) is -0.193. The van der Waals surface area contributed by atoms with Gasteiger partial charge in [-0.25, -0.2) is 12.8 Å². The fourth-order valence-corrected chi connectivity index (χ4v) is 3.42. The standard InChI is InChI=1S/C15H15FN2O5S/c1-17(10-11-5-3-4-6-13(11)16)24(21,22)15-9-12(18(19)20)7-8-14(15)23-2/h3-9H,10H2,1-2H3. The summed E-state index contributed by atoms with van der Waals surface area (Å²) in [6, 6.07) is 9.06. The summed E-state index contributed by atoms with van der Waals surface area (Å²) in [4.78, 5) is 9.84. The highest BCUT2D eigenvalue weighted by atomic mass is 32.2. The Hall–Kier alpha value is -2.52. The topological polar surface area (TPSA) is 89.7 Å². The molecule has 0 N–H and O–H groups in total. The Morgan fingerprint density at radius 3 is 2.50 bits per heavy atom. The lowest BCUT2D eigenvalue weighted by atomic mass is 10.2. The second-order valence-corrected chi connectivity index (χ2v) is 6.96. The van der Waals surface area contributed by atoms with E-state index in [1.807, 2.05) is 0 Å². The number of non-ortho nitro benzene ring substituents is 1. The van der Waals surface area contributed by atoms with E-state index in [-0.39, 0.29) is 28.4 Å². The summed E-state index contributed by atoms with van der Waals surface area (Å²) >= 11 is 0. The predicted octanol–water partition coefficient (Wildman–Crippen LogP) is 2.56. The molecule has 2 rings (SSSR count). The molecule has 0 unspecified atom stereocenters. The fraction of sp³-hybridized carbons (Fsp3) is 0.200. The summed E-state index contributed by atoms with van der Waals surface area (Å²) < 4.78 is 45.0. The molecule has 128 valence electrons. The number of halogens is 1. The van der Waals surface area contributed by atoms with Crippen molar-refractivity contribution >= 4 is 15.7 Å². The van der Waals surface area contributed by atoms with Gasteiger partial charge in [-0.05, 0) is 12.1 Å². The largest absolute Gasteiger partial charge is 0.495 e. The van der Waals surface area contributed by atoms with Crippen molar-refractivity contribution in [2.75, 3.05) is 14.2 Å². The molecule has 0 aromatic heterocycles. The molecule has 0 atom stereocenters. The van der Waals surface area contributed by atoms with Gasteiger partial charge in [0.15, 0.2) is 0 Å². The number of nitro groups is 1. The van der Waals surface area contributed by atoms with Crippen LogP contribution in [-0.4, -0.2) is 31.8 Å². The molecule has 0 aliphatic heterocycles. The monoisotopic (exact) mass is 354 g/mol. The smallest absolute Gasteiger partial charge is 0.271 e. The molecule has 7 nitrogen and oxygen atoms in total. The van der Waals surface area contributed by atoms with Crippen molar-refractivity contribution in [1.82, 2.24) is 4.31 Å². The third-order valence-corrected chi connectivity index (χ3v) is 5.22. The lowest BCUT2D eigenvalue weighted by Crippen LogP contribution is -2.27. The highest BCUT2D eigenvalue weighted by Gasteiger charge is 2.27. The van der Waals surface area contributed by atoms with Gasteiger partial charge in [-0.3, -0.25) is 10.1 Å². The third kappa shape index (κ3) is 3.52. The Morgan fingerprint density at radius 1 is 1.25 bits per heavy atom. The van der Waals surface area contributed by atoms with Crippen LogP contribution >= 0.6 is 0 Å². The third-order valence-electron chi connectivity index (χ3n) is 3.40. The van der Waals surface area contributed by atoms with E-state index in [1.165, 1.54) is 38.4 Å². The second-order valence-electron chi connectivity index (χ2n) is 4.94. The number of rotatable bonds is 6. The maximum Gasteiger partial charge on any atom is 0.271 e. The lowest BCUT2D eigenvalue weighted by Gasteiger charge is -2.19. The zero-order valence-electron chi connectivity index (χ0n) is 13.0. The number of nitrogens with zero attached hydrogens (tertiary/aromatic N) is 2. The average molecular weight is 354 g/mol. The first-order valence-electron chi connectivity index (χ1n) is 6.79. The molecule has 2 aromatic carbocycles. The van der Waals surface area contributed by atoms with E-state index in [0.717, 1.165) is 16.4 Å². The van der Waals surface area contributed by atoms with Crippen LogP contribution in [0.4, 0.5) is 10.1 Å². The molecule has 0 fully saturated rings. The molecule has 0 heterocycles. The minimum Gasteiger partial charge on any atom is -0.495 e. The minimum absolute atomic E-state index is 0.0269. The normalized spacial score (nSPS) is 11.5. The van der Waals surface area contributed by atoms with Crippen LogP contribution in [0.15, 0.2) is 47.4 Å². The van der Waals surface area contributed by atoms with Gasteiger partial charge in [-0.1, -0.05) is 18.2 Å². The summed E-state index contributed by atoms with van der Waals surface area (Å²) in [5, 5.41) is 10.9. The van der Waals surface area contributed by atoms with E-state index in [4.69, 9.17) is 4.74 Å². The van der Waals surface area contributed by atoms with Crippen molar-refractivity contribution in [2.45, 2.75) is 11.4 Å². The van der Waals surface area contributed by atoms with E-state index < -0.39 is 20.8 Å². The highest BCUT2D eigenvalue weighted by molar-refractivity contribution is 7.89. The van der Waals surface area contributed by atoms with E-state index in [0.29, 0.717) is 0 Å². The first-order valence-corrected chi connectivity index (χ1v) is 8.23. The average Bonchev–Trinajstić information content (AvgIpc) is 2.56. The van der Waals surface area contributed by atoms with E-state index in [9.17, 15) is 22.9 Å². The van der Waals surface area contributed by atoms with Crippen LogP contribution in [0.2, 0.25) is 0 Å². The second kappa shape index (κ2) is 6.93. The van der Waals surface area contributed by atoms with Crippen molar-refractivity contribution in [3.05, 3.63) is 64.0 Å². The molecule has 9 heteroatoms. The number of benzene rings is 2. The molecule has 0 saturated carbocycles. The molecule has 0 spiro atoms. The van der Waals surface area contributed by atoms with Gasteiger partial charge in [-0.2, -0.15) is 4.31 Å². The van der Waals surface area contributed by atoms with Crippen LogP contribution in [0, 0.1) is 15.9 Å². The number of methoxy groups -OCH3 is 1. The van der Waals surface area contributed by atoms with Crippen molar-refractivity contribution in [1.29, 1.82) is 0 Å². The molecule has 2 aromatic rings. The Kier molecular flexibility index (Phi) is 5.15. The van der Waals surface area contributed by atoms with Crippen LogP contribution in [0.1, 0.15) is 5.56 Å². The van der Waals surface area contributed by atoms with Gasteiger partial charge in [0.25, 0.3) is 5.69 Å². The molecular weight excluding hydrogens is 339 g/mol. The quantitative estimate of drug-likeness (QED) is 0.587. The van der Waals surface area contributed by atoms with Crippen LogP contribution in [0.25, 0.3) is 0 Å². The summed E-state index contributed by atoms with van der Waals surface area (Å²) in [6.45, 7) is -0.221. The first-order chi connectivity index (χ1) is 11.3. The van der Waals surface area contributed by atoms with Crippen LogP contribution in [0.5, 0.6) is 5.75 Å². The molecule has 0 radical (unpaired) electrons. The molecule has 24 heavy (non-hydrogen) atoms. The molecule has 0 aliphatic carbocycles. The van der Waals surface area contributed by atoms with Crippen LogP contribution < -0.4 is 4.74 Å². The highest BCUT2D eigenvalue weighted by Crippen LogP contribution is 2.30. The Bertz CT molecular complexity index is 870. The number of sulfonamides is 1. The van der Waals surface area contributed by atoms with E-state index >= 15 is 0 Å². The zero-order chi connectivity index (χ0) is 17.9. The SMILES string of the molecule is COc1ccc([N+](=O)[O-])cc1S(=O)(=O)N(C)Cc1ccccc1F. The molecule has 0 bridgehead atoms. The zero-order valence-corrected chi connectivity index (χ0v) is 13.8. The maximum absolute atomic E-state index is 13.7. The van der Waals surface area contributed by atoms with Gasteiger partial charge in [0.05, 0.1) is 12.0 Å². The van der Waals surface area contributed by atoms with Crippen molar-refractivity contribution in [3.8, 4) is 5.75 Å². The van der Waals surface area contributed by atoms with Gasteiger partial charge < -0.3 is 4.74 Å². The van der Waals surface area contributed by atoms with Gasteiger partial charge in [0.1, 0.15) is 16.5 Å². The molecular formula is C15H15FN2O5S. The Morgan fingerprint density at radius 2 is 1.92 bits per heavy atom. The summed E-state index contributed by atoms with van der Waals surface area (Å²) in [7, 11) is -1.59.